The van der Waals surface area contributed by atoms with Gasteiger partial charge in [-0.1, -0.05) is 23.4 Å². The number of nitrogens with one attached hydrogen (secondary N) is 1. The molecule has 0 saturated carbocycles. The van der Waals surface area contributed by atoms with E-state index < -0.39 is 0 Å². The van der Waals surface area contributed by atoms with Gasteiger partial charge < -0.3 is 14.6 Å². The van der Waals surface area contributed by atoms with E-state index in [2.05, 4.69) is 20.4 Å². The fourth-order valence-corrected chi connectivity index (χ4v) is 2.86. The minimum Gasteiger partial charge on any atom is -0.379 e. The second-order valence-electron chi connectivity index (χ2n) is 6.02. The SMILES string of the molecule is CNC(C)Cc1noc(C(c2ccccc2F)N2CCOCC2)n1.Cl. The minimum atomic E-state index is -0.388. The van der Waals surface area contributed by atoms with Crippen LogP contribution in [-0.2, 0) is 11.2 Å². The average molecular weight is 371 g/mol. The molecule has 2 atom stereocenters. The number of rotatable bonds is 6. The van der Waals surface area contributed by atoms with E-state index in [1.54, 1.807) is 12.1 Å². The summed E-state index contributed by atoms with van der Waals surface area (Å²) in [5, 5.41) is 7.22. The smallest absolute Gasteiger partial charge is 0.248 e. The Hall–Kier alpha value is -1.54. The molecule has 0 amide bonds. The average Bonchev–Trinajstić information content (AvgIpc) is 3.05. The van der Waals surface area contributed by atoms with Crippen LogP contribution in [0.15, 0.2) is 28.8 Å². The molecule has 6 nitrogen and oxygen atoms in total. The van der Waals surface area contributed by atoms with Gasteiger partial charge in [-0.25, -0.2) is 4.39 Å². The molecule has 0 radical (unpaired) electrons. The van der Waals surface area contributed by atoms with Crippen molar-refractivity contribution in [1.82, 2.24) is 20.4 Å². The summed E-state index contributed by atoms with van der Waals surface area (Å²) < 4.78 is 25.3. The summed E-state index contributed by atoms with van der Waals surface area (Å²) in [5.41, 5.74) is 0.552. The first-order valence-corrected chi connectivity index (χ1v) is 8.25. The number of hydrogen-bond donors (Lipinski definition) is 1. The predicted octanol–water partition coefficient (Wildman–Crippen LogP) is 2.20. The van der Waals surface area contributed by atoms with E-state index in [9.17, 15) is 4.39 Å². The molecule has 0 aliphatic carbocycles. The summed E-state index contributed by atoms with van der Waals surface area (Å²) in [6.45, 7) is 4.67. The Labute approximate surface area is 153 Å². The van der Waals surface area contributed by atoms with Crippen LogP contribution in [0.3, 0.4) is 0 Å². The molecule has 2 unspecified atom stereocenters. The van der Waals surface area contributed by atoms with Crippen molar-refractivity contribution in [3.05, 3.63) is 47.4 Å². The van der Waals surface area contributed by atoms with Gasteiger partial charge in [0.2, 0.25) is 5.89 Å². The number of hydrogen-bond acceptors (Lipinski definition) is 6. The Morgan fingerprint density at radius 2 is 2.00 bits per heavy atom. The molecule has 1 saturated heterocycles. The van der Waals surface area contributed by atoms with Crippen molar-refractivity contribution in [3.8, 4) is 0 Å². The summed E-state index contributed by atoms with van der Waals surface area (Å²) in [5.74, 6) is 0.791. The largest absolute Gasteiger partial charge is 0.379 e. The lowest BCUT2D eigenvalue weighted by Crippen LogP contribution is -2.40. The maximum atomic E-state index is 14.4. The van der Waals surface area contributed by atoms with E-state index in [4.69, 9.17) is 9.26 Å². The maximum absolute atomic E-state index is 14.4. The van der Waals surface area contributed by atoms with Crippen molar-refractivity contribution in [3.63, 3.8) is 0 Å². The van der Waals surface area contributed by atoms with Crippen molar-refractivity contribution in [2.75, 3.05) is 33.4 Å². The number of aromatic nitrogens is 2. The van der Waals surface area contributed by atoms with E-state index >= 15 is 0 Å². The van der Waals surface area contributed by atoms with Crippen molar-refractivity contribution in [2.24, 2.45) is 0 Å². The van der Waals surface area contributed by atoms with Crippen LogP contribution in [0.1, 0.15) is 30.2 Å². The van der Waals surface area contributed by atoms with Crippen LogP contribution >= 0.6 is 12.4 Å². The van der Waals surface area contributed by atoms with Gasteiger partial charge >= 0.3 is 0 Å². The van der Waals surface area contributed by atoms with Gasteiger partial charge in [-0.2, -0.15) is 4.98 Å². The molecule has 1 aromatic heterocycles. The quantitative estimate of drug-likeness (QED) is 0.841. The number of halogens is 2. The first-order valence-electron chi connectivity index (χ1n) is 8.25. The lowest BCUT2D eigenvalue weighted by Gasteiger charge is -2.32. The van der Waals surface area contributed by atoms with Crippen LogP contribution in [0.5, 0.6) is 0 Å². The second kappa shape index (κ2) is 9.24. The second-order valence-corrected chi connectivity index (χ2v) is 6.02. The van der Waals surface area contributed by atoms with Crippen LogP contribution in [0, 0.1) is 5.82 Å². The molecule has 8 heteroatoms. The normalized spacial score (nSPS) is 17.7. The van der Waals surface area contributed by atoms with E-state index in [0.29, 0.717) is 50.0 Å². The van der Waals surface area contributed by atoms with Crippen LogP contribution < -0.4 is 5.32 Å². The molecule has 138 valence electrons. The van der Waals surface area contributed by atoms with Crippen molar-refractivity contribution >= 4 is 12.4 Å². The third-order valence-corrected chi connectivity index (χ3v) is 4.31. The molecule has 0 spiro atoms. The Morgan fingerprint density at radius 3 is 2.68 bits per heavy atom. The third kappa shape index (κ3) is 4.76. The Morgan fingerprint density at radius 1 is 1.28 bits per heavy atom. The van der Waals surface area contributed by atoms with Gasteiger partial charge in [-0.05, 0) is 20.0 Å². The molecule has 2 heterocycles. The van der Waals surface area contributed by atoms with Gasteiger partial charge in [0.1, 0.15) is 11.9 Å². The van der Waals surface area contributed by atoms with Gasteiger partial charge in [0.15, 0.2) is 5.82 Å². The summed E-state index contributed by atoms with van der Waals surface area (Å²) in [6.07, 6.45) is 0.660. The number of ether oxygens (including phenoxy) is 1. The summed E-state index contributed by atoms with van der Waals surface area (Å²) in [4.78, 5) is 6.65. The van der Waals surface area contributed by atoms with E-state index in [0.717, 1.165) is 0 Å². The van der Waals surface area contributed by atoms with Gasteiger partial charge in [0.05, 0.1) is 13.2 Å². The summed E-state index contributed by atoms with van der Waals surface area (Å²) in [7, 11) is 1.89. The van der Waals surface area contributed by atoms with E-state index in [1.165, 1.54) is 6.07 Å². The molecule has 1 aliphatic rings. The molecule has 1 aliphatic heterocycles. The van der Waals surface area contributed by atoms with Crippen LogP contribution in [0.2, 0.25) is 0 Å². The third-order valence-electron chi connectivity index (χ3n) is 4.31. The zero-order valence-corrected chi connectivity index (χ0v) is 15.3. The van der Waals surface area contributed by atoms with Gasteiger partial charge in [0.25, 0.3) is 0 Å². The highest BCUT2D eigenvalue weighted by molar-refractivity contribution is 5.85. The van der Waals surface area contributed by atoms with Gasteiger partial charge in [-0.15, -0.1) is 12.4 Å². The monoisotopic (exact) mass is 370 g/mol. The Balaban J connectivity index is 0.00000225. The van der Waals surface area contributed by atoms with Gasteiger partial charge in [-0.3, -0.25) is 4.90 Å². The molecular weight excluding hydrogens is 347 g/mol. The number of benzene rings is 1. The fourth-order valence-electron chi connectivity index (χ4n) is 2.86. The summed E-state index contributed by atoms with van der Waals surface area (Å²) >= 11 is 0. The molecule has 2 aromatic rings. The molecule has 0 bridgehead atoms. The molecule has 1 N–H and O–H groups in total. The first kappa shape index (κ1) is 19.8. The molecule has 1 fully saturated rings. The lowest BCUT2D eigenvalue weighted by atomic mass is 10.0. The number of likely N-dealkylation sites (N-methyl/N-ethyl adjacent to an activating group) is 1. The highest BCUT2D eigenvalue weighted by atomic mass is 35.5. The van der Waals surface area contributed by atoms with E-state index in [1.807, 2.05) is 20.0 Å². The van der Waals surface area contributed by atoms with Crippen LogP contribution in [0.25, 0.3) is 0 Å². The number of morpholine rings is 1. The lowest BCUT2D eigenvalue weighted by molar-refractivity contribution is 0.0174. The summed E-state index contributed by atoms with van der Waals surface area (Å²) in [6, 6.07) is 6.60. The molecule has 3 rings (SSSR count). The topological polar surface area (TPSA) is 63.4 Å². The molecule has 1 aromatic carbocycles. The predicted molar refractivity (Wildman–Crippen MR) is 94.4 cm³/mol. The zero-order chi connectivity index (χ0) is 16.9. The Bertz CT molecular complexity index is 664. The van der Waals surface area contributed by atoms with Crippen molar-refractivity contribution in [2.45, 2.75) is 25.4 Å². The minimum absolute atomic E-state index is 0. The molecule has 25 heavy (non-hydrogen) atoms. The standard InChI is InChI=1S/C17H23FN4O2.ClH/c1-12(19-2)11-15-20-17(24-21-15)16(22-7-9-23-10-8-22)13-5-3-4-6-14(13)18;/h3-6,12,16,19H,7-11H2,1-2H3;1H. The van der Waals surface area contributed by atoms with E-state index in [-0.39, 0.29) is 30.3 Å². The number of nitrogens with zero attached hydrogens (tertiary/aromatic N) is 3. The van der Waals surface area contributed by atoms with Gasteiger partial charge in [0, 0.05) is 31.1 Å². The maximum Gasteiger partial charge on any atom is 0.248 e. The first-order chi connectivity index (χ1) is 11.7. The van der Waals surface area contributed by atoms with Crippen molar-refractivity contribution < 1.29 is 13.7 Å². The highest BCUT2D eigenvalue weighted by Crippen LogP contribution is 2.30. The zero-order valence-electron chi connectivity index (χ0n) is 14.4. The molecular formula is C17H24ClFN4O2. The Kier molecular flexibility index (Phi) is 7.31. The highest BCUT2D eigenvalue weighted by Gasteiger charge is 2.31. The fraction of sp³-hybridized carbons (Fsp3) is 0.529. The van der Waals surface area contributed by atoms with Crippen LogP contribution in [-0.4, -0.2) is 54.4 Å². The van der Waals surface area contributed by atoms with Crippen molar-refractivity contribution in [1.29, 1.82) is 0 Å². The van der Waals surface area contributed by atoms with Crippen LogP contribution in [0.4, 0.5) is 4.39 Å².